The quantitative estimate of drug-likeness (QED) is 0.470. The number of aromatic nitrogens is 3. The fraction of sp³-hybridized carbons (Fsp3) is 0.0500. The van der Waals surface area contributed by atoms with Crippen LogP contribution in [0.3, 0.4) is 0 Å². The van der Waals surface area contributed by atoms with Gasteiger partial charge < -0.3 is 9.84 Å². The fourth-order valence-electron chi connectivity index (χ4n) is 3.01. The van der Waals surface area contributed by atoms with Crippen molar-refractivity contribution in [3.8, 4) is 28.3 Å². The molecule has 8 heteroatoms. The number of hydrogen-bond acceptors (Lipinski definition) is 4. The van der Waals surface area contributed by atoms with E-state index >= 15 is 0 Å². The van der Waals surface area contributed by atoms with Gasteiger partial charge in [0.15, 0.2) is 5.65 Å². The van der Waals surface area contributed by atoms with Crippen molar-refractivity contribution in [3.63, 3.8) is 0 Å². The van der Waals surface area contributed by atoms with Crippen molar-refractivity contribution in [2.75, 3.05) is 7.11 Å². The molecule has 0 unspecified atom stereocenters. The minimum Gasteiger partial charge on any atom is -0.497 e. The molecule has 2 N–H and O–H groups in total. The van der Waals surface area contributed by atoms with Crippen molar-refractivity contribution in [1.82, 2.24) is 15.2 Å². The molecule has 0 aliphatic rings. The number of methoxy groups -OCH3 is 1. The Morgan fingerprint density at radius 1 is 1.21 bits per heavy atom. The van der Waals surface area contributed by atoms with Crippen LogP contribution >= 0.6 is 15.9 Å². The van der Waals surface area contributed by atoms with Gasteiger partial charge in [-0.2, -0.15) is 5.10 Å². The number of benzene rings is 2. The third-order valence-corrected chi connectivity index (χ3v) is 4.81. The van der Waals surface area contributed by atoms with E-state index in [1.165, 1.54) is 12.1 Å². The van der Waals surface area contributed by atoms with Crippen molar-refractivity contribution in [2.45, 2.75) is 0 Å². The summed E-state index contributed by atoms with van der Waals surface area (Å²) in [5.41, 5.74) is 1.74. The predicted octanol–water partition coefficient (Wildman–Crippen LogP) is 4.90. The molecule has 0 aliphatic carbocycles. The Morgan fingerprint density at radius 3 is 2.79 bits per heavy atom. The van der Waals surface area contributed by atoms with Gasteiger partial charge in [0.2, 0.25) is 0 Å². The number of nitrogens with zero attached hydrogens (tertiary/aromatic N) is 2. The van der Waals surface area contributed by atoms with Crippen LogP contribution in [0.4, 0.5) is 4.39 Å². The molecule has 0 aliphatic heterocycles. The average Bonchev–Trinajstić information content (AvgIpc) is 3.13. The second kappa shape index (κ2) is 7.05. The normalized spacial score (nSPS) is 11.0. The van der Waals surface area contributed by atoms with Crippen molar-refractivity contribution in [2.24, 2.45) is 0 Å². The molecule has 0 atom stereocenters. The molecular formula is C20H13BrFN3O3. The molecule has 6 nitrogen and oxygen atoms in total. The molecule has 2 aromatic carbocycles. The van der Waals surface area contributed by atoms with Crippen LogP contribution in [0.2, 0.25) is 0 Å². The summed E-state index contributed by atoms with van der Waals surface area (Å²) in [6.45, 7) is 0. The maximum atomic E-state index is 14.3. The third kappa shape index (κ3) is 3.11. The van der Waals surface area contributed by atoms with Crippen molar-refractivity contribution in [3.05, 3.63) is 64.4 Å². The van der Waals surface area contributed by atoms with Gasteiger partial charge in [-0.15, -0.1) is 0 Å². The number of carboxylic acid groups (broad SMARTS) is 1. The Bertz CT molecular complexity index is 1220. The minimum atomic E-state index is -1.16. The number of aromatic carboxylic acids is 1. The number of pyridine rings is 1. The minimum absolute atomic E-state index is 0.0223. The van der Waals surface area contributed by atoms with Crippen molar-refractivity contribution >= 4 is 32.9 Å². The summed E-state index contributed by atoms with van der Waals surface area (Å²) >= 11 is 3.29. The summed E-state index contributed by atoms with van der Waals surface area (Å²) in [7, 11) is 1.55. The number of nitrogens with one attached hydrogen (secondary N) is 1. The van der Waals surface area contributed by atoms with Gasteiger partial charge in [-0.05, 0) is 36.4 Å². The Balaban J connectivity index is 1.98. The highest BCUT2D eigenvalue weighted by Crippen LogP contribution is 2.34. The van der Waals surface area contributed by atoms with Gasteiger partial charge in [-0.3, -0.25) is 5.10 Å². The maximum Gasteiger partial charge on any atom is 0.336 e. The molecule has 2 heterocycles. The lowest BCUT2D eigenvalue weighted by Gasteiger charge is -2.07. The van der Waals surface area contributed by atoms with Crippen LogP contribution < -0.4 is 4.74 Å². The van der Waals surface area contributed by atoms with Crippen LogP contribution in [-0.4, -0.2) is 33.4 Å². The van der Waals surface area contributed by atoms with E-state index < -0.39 is 11.8 Å². The molecule has 4 rings (SSSR count). The summed E-state index contributed by atoms with van der Waals surface area (Å²) < 4.78 is 20.2. The molecule has 28 heavy (non-hydrogen) atoms. The van der Waals surface area contributed by atoms with Crippen LogP contribution in [0.1, 0.15) is 10.4 Å². The van der Waals surface area contributed by atoms with Gasteiger partial charge in [0.05, 0.1) is 29.4 Å². The number of rotatable bonds is 4. The molecule has 0 saturated carbocycles. The maximum absolute atomic E-state index is 14.3. The lowest BCUT2D eigenvalue weighted by atomic mass is 10.0. The zero-order valence-corrected chi connectivity index (χ0v) is 16.1. The Labute approximate surface area is 167 Å². The van der Waals surface area contributed by atoms with E-state index in [0.29, 0.717) is 26.9 Å². The standard InChI is InChI=1S/C20H13BrFN3O3/c1-28-12-4-2-3-10(7-12)18-17-14(20(26)27)9-16(23-19(17)25-24-18)13-8-11(21)5-6-15(13)22/h2-9H,1H3,(H,26,27)(H,23,24,25). The zero-order chi connectivity index (χ0) is 19.8. The monoisotopic (exact) mass is 441 g/mol. The van der Waals surface area contributed by atoms with Gasteiger partial charge in [-0.25, -0.2) is 14.2 Å². The van der Waals surface area contributed by atoms with Gasteiger partial charge in [0.25, 0.3) is 0 Å². The fourth-order valence-corrected chi connectivity index (χ4v) is 3.37. The summed E-state index contributed by atoms with van der Waals surface area (Å²) in [6.07, 6.45) is 0. The first-order chi connectivity index (χ1) is 13.5. The first kappa shape index (κ1) is 18.1. The Morgan fingerprint density at radius 2 is 2.04 bits per heavy atom. The molecule has 0 spiro atoms. The molecule has 4 aromatic rings. The highest BCUT2D eigenvalue weighted by Gasteiger charge is 2.21. The predicted molar refractivity (Wildman–Crippen MR) is 106 cm³/mol. The molecule has 0 radical (unpaired) electrons. The highest BCUT2D eigenvalue weighted by molar-refractivity contribution is 9.10. The van der Waals surface area contributed by atoms with E-state index in [1.807, 2.05) is 6.07 Å². The van der Waals surface area contributed by atoms with Gasteiger partial charge >= 0.3 is 5.97 Å². The largest absolute Gasteiger partial charge is 0.497 e. The van der Waals surface area contributed by atoms with E-state index in [2.05, 4.69) is 31.1 Å². The van der Waals surface area contributed by atoms with Crippen LogP contribution in [0.25, 0.3) is 33.5 Å². The first-order valence-corrected chi connectivity index (χ1v) is 8.99. The third-order valence-electron chi connectivity index (χ3n) is 4.32. The van der Waals surface area contributed by atoms with Crippen LogP contribution in [0.15, 0.2) is 53.0 Å². The van der Waals surface area contributed by atoms with E-state index in [9.17, 15) is 14.3 Å². The van der Waals surface area contributed by atoms with E-state index in [0.717, 1.165) is 0 Å². The lowest BCUT2D eigenvalue weighted by Crippen LogP contribution is -2.01. The van der Waals surface area contributed by atoms with Crippen LogP contribution in [0, 0.1) is 5.82 Å². The number of ether oxygens (including phenoxy) is 1. The number of H-pyrrole nitrogens is 1. The molecule has 0 saturated heterocycles. The van der Waals surface area contributed by atoms with Crippen LogP contribution in [-0.2, 0) is 0 Å². The van der Waals surface area contributed by atoms with Crippen molar-refractivity contribution < 1.29 is 19.0 Å². The average molecular weight is 442 g/mol. The summed E-state index contributed by atoms with van der Waals surface area (Å²) in [5.74, 6) is -1.04. The molecular weight excluding hydrogens is 429 g/mol. The molecule has 0 bridgehead atoms. The van der Waals surface area contributed by atoms with Gasteiger partial charge in [-0.1, -0.05) is 28.1 Å². The Kier molecular flexibility index (Phi) is 4.56. The molecule has 0 amide bonds. The summed E-state index contributed by atoms with van der Waals surface area (Å²) in [6, 6.07) is 12.9. The SMILES string of the molecule is COc1cccc(-c2[nH]nc3nc(-c4cc(Br)ccc4F)cc(C(=O)O)c23)c1. The highest BCUT2D eigenvalue weighted by atomic mass is 79.9. The van der Waals surface area contributed by atoms with Gasteiger partial charge in [0.1, 0.15) is 11.6 Å². The smallest absolute Gasteiger partial charge is 0.336 e. The number of aromatic amines is 1. The topological polar surface area (TPSA) is 88.1 Å². The second-order valence-electron chi connectivity index (χ2n) is 6.01. The van der Waals surface area contributed by atoms with E-state index in [4.69, 9.17) is 4.74 Å². The second-order valence-corrected chi connectivity index (χ2v) is 6.93. The van der Waals surface area contributed by atoms with Crippen molar-refractivity contribution in [1.29, 1.82) is 0 Å². The lowest BCUT2D eigenvalue weighted by molar-refractivity contribution is 0.0699. The molecule has 140 valence electrons. The number of halogens is 2. The number of fused-ring (bicyclic) bond motifs is 1. The van der Waals surface area contributed by atoms with Crippen LogP contribution in [0.5, 0.6) is 5.75 Å². The summed E-state index contributed by atoms with van der Waals surface area (Å²) in [4.78, 5) is 16.3. The summed E-state index contributed by atoms with van der Waals surface area (Å²) in [5, 5.41) is 17.1. The Hall–Kier alpha value is -3.26. The number of hydrogen-bond donors (Lipinski definition) is 2. The van der Waals surface area contributed by atoms with E-state index in [1.54, 1.807) is 37.4 Å². The first-order valence-electron chi connectivity index (χ1n) is 8.20. The van der Waals surface area contributed by atoms with E-state index in [-0.39, 0.29) is 22.5 Å². The number of carbonyl (C=O) groups is 1. The molecule has 0 fully saturated rings. The number of carboxylic acids is 1. The van der Waals surface area contributed by atoms with Gasteiger partial charge in [0, 0.05) is 15.6 Å². The molecule has 2 aromatic heterocycles. The zero-order valence-electron chi connectivity index (χ0n) is 14.5.